The number of halogens is 1. The van der Waals surface area contributed by atoms with Gasteiger partial charge >= 0.3 is 0 Å². The minimum Gasteiger partial charge on any atom is -0.305 e. The molecule has 0 aliphatic rings. The smallest absolute Gasteiger partial charge is 0.257 e. The average molecular weight is 261 g/mol. The maximum absolute atomic E-state index is 13.4. The van der Waals surface area contributed by atoms with Gasteiger partial charge < -0.3 is 5.32 Å². The van der Waals surface area contributed by atoms with Crippen LogP contribution in [-0.4, -0.2) is 16.1 Å². The van der Waals surface area contributed by atoms with E-state index in [1.165, 1.54) is 17.4 Å². The molecule has 0 aliphatic carbocycles. The molecular weight excluding hydrogens is 253 g/mol. The van der Waals surface area contributed by atoms with Crippen molar-refractivity contribution in [3.63, 3.8) is 0 Å². The van der Waals surface area contributed by atoms with Crippen LogP contribution in [0.25, 0.3) is 10.9 Å². The summed E-state index contributed by atoms with van der Waals surface area (Å²) in [5.74, 6) is -0.314. The number of H-pyrrole nitrogens is 1. The van der Waals surface area contributed by atoms with Crippen LogP contribution in [-0.2, 0) is 0 Å². The minimum atomic E-state index is -0.393. The molecule has 0 fully saturated rings. The average Bonchev–Trinajstić information content (AvgIpc) is 2.99. The van der Waals surface area contributed by atoms with Gasteiger partial charge in [-0.15, -0.1) is 0 Å². The van der Waals surface area contributed by atoms with E-state index in [1.54, 1.807) is 23.6 Å². The first-order valence-corrected chi connectivity index (χ1v) is 6.16. The second-order valence-corrected chi connectivity index (χ2v) is 4.48. The summed E-state index contributed by atoms with van der Waals surface area (Å²) in [6, 6.07) is 6.33. The summed E-state index contributed by atoms with van der Waals surface area (Å²) in [4.78, 5) is 11.8. The number of nitrogens with zero attached hydrogens (tertiary/aromatic N) is 1. The molecule has 0 aliphatic heterocycles. The van der Waals surface area contributed by atoms with Gasteiger partial charge in [0, 0.05) is 10.8 Å². The van der Waals surface area contributed by atoms with Crippen molar-refractivity contribution in [2.45, 2.75) is 0 Å². The summed E-state index contributed by atoms with van der Waals surface area (Å²) in [6.07, 6.45) is 0. The topological polar surface area (TPSA) is 57.8 Å². The maximum atomic E-state index is 13.4. The highest BCUT2D eigenvalue weighted by Crippen LogP contribution is 2.22. The molecule has 2 N–H and O–H groups in total. The standard InChI is InChI=1S/C12H8FN3OS/c13-9-3-1-2-8-10(9)15-16-11(8)14-12(17)7-4-5-18-6-7/h1-6H,(H2,14,15,16,17). The van der Waals surface area contributed by atoms with Gasteiger partial charge in [-0.25, -0.2) is 4.39 Å². The molecule has 0 saturated carbocycles. The van der Waals surface area contributed by atoms with Crippen LogP contribution in [0.3, 0.4) is 0 Å². The van der Waals surface area contributed by atoms with Crippen molar-refractivity contribution < 1.29 is 9.18 Å². The lowest BCUT2D eigenvalue weighted by Crippen LogP contribution is -2.11. The molecule has 0 spiro atoms. The van der Waals surface area contributed by atoms with Gasteiger partial charge in [-0.1, -0.05) is 6.07 Å². The van der Waals surface area contributed by atoms with E-state index in [0.29, 0.717) is 16.8 Å². The third kappa shape index (κ3) is 1.76. The van der Waals surface area contributed by atoms with Crippen LogP contribution in [0.4, 0.5) is 10.2 Å². The number of aromatic nitrogens is 2. The van der Waals surface area contributed by atoms with Crippen LogP contribution < -0.4 is 5.32 Å². The van der Waals surface area contributed by atoms with E-state index in [0.717, 1.165) is 0 Å². The number of thiophene rings is 1. The molecule has 1 aromatic carbocycles. The van der Waals surface area contributed by atoms with E-state index in [1.807, 2.05) is 5.38 Å². The number of aromatic amines is 1. The van der Waals surface area contributed by atoms with Crippen LogP contribution in [0.2, 0.25) is 0 Å². The Balaban J connectivity index is 1.96. The van der Waals surface area contributed by atoms with Crippen molar-refractivity contribution in [3.8, 4) is 0 Å². The first kappa shape index (κ1) is 10.9. The summed E-state index contributed by atoms with van der Waals surface area (Å²) in [5.41, 5.74) is 0.852. The number of rotatable bonds is 2. The number of hydrogen-bond acceptors (Lipinski definition) is 3. The normalized spacial score (nSPS) is 10.7. The van der Waals surface area contributed by atoms with E-state index in [4.69, 9.17) is 0 Å². The monoisotopic (exact) mass is 261 g/mol. The Morgan fingerprint density at radius 2 is 2.28 bits per heavy atom. The van der Waals surface area contributed by atoms with Gasteiger partial charge in [0.25, 0.3) is 5.91 Å². The molecule has 0 radical (unpaired) electrons. The fourth-order valence-electron chi connectivity index (χ4n) is 1.68. The Kier molecular flexibility index (Phi) is 2.56. The van der Waals surface area contributed by atoms with Gasteiger partial charge in [0.1, 0.15) is 11.3 Å². The SMILES string of the molecule is O=C(Nc1n[nH]c2c(F)cccc12)c1ccsc1. The van der Waals surface area contributed by atoms with Gasteiger partial charge in [-0.2, -0.15) is 16.4 Å². The summed E-state index contributed by atoms with van der Waals surface area (Å²) in [6.45, 7) is 0. The van der Waals surface area contributed by atoms with Crippen LogP contribution in [0.5, 0.6) is 0 Å². The second kappa shape index (κ2) is 4.23. The van der Waals surface area contributed by atoms with Gasteiger partial charge in [0.05, 0.1) is 5.56 Å². The largest absolute Gasteiger partial charge is 0.305 e. The van der Waals surface area contributed by atoms with Crippen molar-refractivity contribution >= 4 is 34.0 Å². The van der Waals surface area contributed by atoms with Crippen LogP contribution in [0.15, 0.2) is 35.0 Å². The Morgan fingerprint density at radius 3 is 3.06 bits per heavy atom. The zero-order chi connectivity index (χ0) is 12.5. The number of anilines is 1. The van der Waals surface area contributed by atoms with E-state index >= 15 is 0 Å². The molecule has 90 valence electrons. The first-order valence-electron chi connectivity index (χ1n) is 5.22. The molecule has 0 atom stereocenters. The van der Waals surface area contributed by atoms with Crippen LogP contribution in [0.1, 0.15) is 10.4 Å². The first-order chi connectivity index (χ1) is 8.75. The fourth-order valence-corrected chi connectivity index (χ4v) is 2.31. The zero-order valence-corrected chi connectivity index (χ0v) is 9.92. The predicted molar refractivity (Wildman–Crippen MR) is 68.3 cm³/mol. The molecule has 6 heteroatoms. The highest BCUT2D eigenvalue weighted by Gasteiger charge is 2.12. The molecule has 0 bridgehead atoms. The Morgan fingerprint density at radius 1 is 1.39 bits per heavy atom. The third-order valence-electron chi connectivity index (χ3n) is 2.56. The van der Waals surface area contributed by atoms with Crippen molar-refractivity contribution in [3.05, 3.63) is 46.4 Å². The maximum Gasteiger partial charge on any atom is 0.257 e. The molecule has 0 unspecified atom stereocenters. The van der Waals surface area contributed by atoms with E-state index in [-0.39, 0.29) is 11.4 Å². The lowest BCUT2D eigenvalue weighted by atomic mass is 10.2. The van der Waals surface area contributed by atoms with Crippen molar-refractivity contribution in [1.29, 1.82) is 0 Å². The summed E-state index contributed by atoms with van der Waals surface area (Å²) < 4.78 is 13.4. The summed E-state index contributed by atoms with van der Waals surface area (Å²) in [5, 5.41) is 13.2. The molecule has 1 amide bonds. The Labute approximate surface area is 105 Å². The Bertz CT molecular complexity index is 705. The van der Waals surface area contributed by atoms with Crippen molar-refractivity contribution in [2.75, 3.05) is 5.32 Å². The Hall–Kier alpha value is -2.21. The molecule has 2 aromatic heterocycles. The lowest BCUT2D eigenvalue weighted by Gasteiger charge is -1.99. The number of fused-ring (bicyclic) bond motifs is 1. The molecule has 3 rings (SSSR count). The van der Waals surface area contributed by atoms with Crippen molar-refractivity contribution in [2.24, 2.45) is 0 Å². The highest BCUT2D eigenvalue weighted by atomic mass is 32.1. The number of carbonyl (C=O) groups excluding carboxylic acids is 1. The van der Waals surface area contributed by atoms with Crippen molar-refractivity contribution in [1.82, 2.24) is 10.2 Å². The zero-order valence-electron chi connectivity index (χ0n) is 9.11. The van der Waals surface area contributed by atoms with E-state index in [9.17, 15) is 9.18 Å². The van der Waals surface area contributed by atoms with Gasteiger partial charge in [-0.3, -0.25) is 9.89 Å². The minimum absolute atomic E-state index is 0.256. The number of hydrogen-bond donors (Lipinski definition) is 2. The number of carbonyl (C=O) groups is 1. The lowest BCUT2D eigenvalue weighted by molar-refractivity contribution is 0.102. The molecule has 2 heterocycles. The molecule has 18 heavy (non-hydrogen) atoms. The van der Waals surface area contributed by atoms with Crippen LogP contribution in [0, 0.1) is 5.82 Å². The van der Waals surface area contributed by atoms with E-state index < -0.39 is 5.82 Å². The fraction of sp³-hybridized carbons (Fsp3) is 0. The van der Waals surface area contributed by atoms with E-state index in [2.05, 4.69) is 15.5 Å². The molecular formula is C12H8FN3OS. The number of benzene rings is 1. The third-order valence-corrected chi connectivity index (χ3v) is 3.25. The second-order valence-electron chi connectivity index (χ2n) is 3.70. The van der Waals surface area contributed by atoms with Gasteiger partial charge in [0.2, 0.25) is 0 Å². The highest BCUT2D eigenvalue weighted by molar-refractivity contribution is 7.08. The number of nitrogens with one attached hydrogen (secondary N) is 2. The predicted octanol–water partition coefficient (Wildman–Crippen LogP) is 3.02. The molecule has 3 aromatic rings. The summed E-state index contributed by atoms with van der Waals surface area (Å²) >= 11 is 1.44. The molecule has 4 nitrogen and oxygen atoms in total. The summed E-state index contributed by atoms with van der Waals surface area (Å²) in [7, 11) is 0. The van der Waals surface area contributed by atoms with Gasteiger partial charge in [-0.05, 0) is 23.6 Å². The van der Waals surface area contributed by atoms with Crippen LogP contribution >= 0.6 is 11.3 Å². The number of amides is 1. The molecule has 0 saturated heterocycles. The number of para-hydroxylation sites is 1. The van der Waals surface area contributed by atoms with Gasteiger partial charge in [0.15, 0.2) is 5.82 Å². The quantitative estimate of drug-likeness (QED) is 0.745.